The number of hydrogen-bond acceptors (Lipinski definition) is 3. The van der Waals surface area contributed by atoms with Crippen LogP contribution in [0, 0.1) is 0 Å². The Kier molecular flexibility index (Phi) is 6.71. The van der Waals surface area contributed by atoms with Crippen molar-refractivity contribution in [2.24, 2.45) is 0 Å². The quantitative estimate of drug-likeness (QED) is 0.614. The highest BCUT2D eigenvalue weighted by atomic mass is 35.5. The number of benzene rings is 1. The van der Waals surface area contributed by atoms with Crippen LogP contribution < -0.4 is 0 Å². The van der Waals surface area contributed by atoms with E-state index in [4.69, 9.17) is 23.2 Å². The second-order valence-electron chi connectivity index (χ2n) is 8.58. The fourth-order valence-electron chi connectivity index (χ4n) is 4.62. The summed E-state index contributed by atoms with van der Waals surface area (Å²) in [5.41, 5.74) is 0.202. The Labute approximate surface area is 188 Å². The van der Waals surface area contributed by atoms with Crippen molar-refractivity contribution in [3.8, 4) is 0 Å². The highest BCUT2D eigenvalue weighted by Gasteiger charge is 2.59. The minimum atomic E-state index is -0.609. The number of carbonyl (C=O) groups excluding carboxylic acids is 2. The molecular formula is C23H29Cl2N3O2. The third-order valence-electron chi connectivity index (χ3n) is 6.50. The average Bonchev–Trinajstić information content (AvgIpc) is 3.54. The first-order valence-electron chi connectivity index (χ1n) is 11.0. The summed E-state index contributed by atoms with van der Waals surface area (Å²) >= 11 is 12.0. The lowest BCUT2D eigenvalue weighted by molar-refractivity contribution is -0.151. The van der Waals surface area contributed by atoms with Crippen LogP contribution in [0.1, 0.15) is 44.1 Å². The summed E-state index contributed by atoms with van der Waals surface area (Å²) in [6, 6.07) is 5.25. The molecule has 1 saturated carbocycles. The van der Waals surface area contributed by atoms with Crippen molar-refractivity contribution in [3.63, 3.8) is 0 Å². The zero-order valence-electron chi connectivity index (χ0n) is 17.3. The highest BCUT2D eigenvalue weighted by molar-refractivity contribution is 6.42. The predicted molar refractivity (Wildman–Crippen MR) is 121 cm³/mol. The molecule has 2 amide bonds. The third kappa shape index (κ3) is 4.68. The van der Waals surface area contributed by atoms with Gasteiger partial charge in [-0.15, -0.1) is 0 Å². The van der Waals surface area contributed by atoms with Gasteiger partial charge in [0.2, 0.25) is 11.8 Å². The second-order valence-corrected chi connectivity index (χ2v) is 9.39. The van der Waals surface area contributed by atoms with E-state index in [1.807, 2.05) is 11.0 Å². The molecule has 0 atom stereocenters. The van der Waals surface area contributed by atoms with E-state index in [1.54, 1.807) is 29.2 Å². The van der Waals surface area contributed by atoms with Crippen molar-refractivity contribution in [2.75, 3.05) is 39.3 Å². The predicted octanol–water partition coefficient (Wildman–Crippen LogP) is 4.09. The van der Waals surface area contributed by atoms with Gasteiger partial charge in [0, 0.05) is 25.7 Å². The smallest absolute Gasteiger partial charge is 0.248 e. The van der Waals surface area contributed by atoms with Crippen LogP contribution in [0.3, 0.4) is 0 Å². The van der Waals surface area contributed by atoms with Gasteiger partial charge in [-0.05, 0) is 75.5 Å². The minimum Gasteiger partial charge on any atom is -0.339 e. The second kappa shape index (κ2) is 9.29. The molecule has 1 aliphatic carbocycles. The van der Waals surface area contributed by atoms with Crippen molar-refractivity contribution in [1.82, 2.24) is 14.7 Å². The summed E-state index contributed by atoms with van der Waals surface area (Å²) in [5.74, 6) is 0.0172. The molecule has 0 aromatic heterocycles. The first-order valence-corrected chi connectivity index (χ1v) is 11.7. The van der Waals surface area contributed by atoms with E-state index in [0.29, 0.717) is 23.1 Å². The number of piperazine rings is 1. The van der Waals surface area contributed by atoms with Gasteiger partial charge >= 0.3 is 0 Å². The lowest BCUT2D eigenvalue weighted by atomic mass is 10.1. The number of piperidine rings is 1. The molecule has 2 aliphatic heterocycles. The molecule has 1 spiro atoms. The molecular weight excluding hydrogens is 421 g/mol. The molecule has 0 bridgehead atoms. The van der Waals surface area contributed by atoms with E-state index in [0.717, 1.165) is 37.9 Å². The standard InChI is InChI=1S/C23H29Cl2N3O2/c24-19-7-5-18(17-20(19)25)6-8-21(29)28-16-15-27(22(30)23(28)9-10-23)14-4-13-26-11-2-1-3-12-26/h5-8,17H,1-4,9-16H2/b8-6+. The van der Waals surface area contributed by atoms with Gasteiger partial charge in [-0.1, -0.05) is 35.7 Å². The molecule has 1 aromatic rings. The molecule has 30 heavy (non-hydrogen) atoms. The van der Waals surface area contributed by atoms with Gasteiger partial charge in [0.1, 0.15) is 5.54 Å². The van der Waals surface area contributed by atoms with Crippen LogP contribution in [-0.4, -0.2) is 71.3 Å². The molecule has 7 heteroatoms. The van der Waals surface area contributed by atoms with Gasteiger partial charge in [0.25, 0.3) is 0 Å². The Morgan fingerprint density at radius 1 is 1.00 bits per heavy atom. The van der Waals surface area contributed by atoms with Gasteiger partial charge in [-0.2, -0.15) is 0 Å². The summed E-state index contributed by atoms with van der Waals surface area (Å²) in [6.45, 7) is 5.44. The molecule has 0 unspecified atom stereocenters. The zero-order chi connectivity index (χ0) is 21.1. The number of carbonyl (C=O) groups is 2. The van der Waals surface area contributed by atoms with E-state index in [9.17, 15) is 9.59 Å². The van der Waals surface area contributed by atoms with Crippen LogP contribution >= 0.6 is 23.2 Å². The normalized spacial score (nSPS) is 21.6. The monoisotopic (exact) mass is 449 g/mol. The number of rotatable bonds is 6. The summed E-state index contributed by atoms with van der Waals surface area (Å²) < 4.78 is 0. The molecule has 2 heterocycles. The van der Waals surface area contributed by atoms with E-state index >= 15 is 0 Å². The summed E-state index contributed by atoms with van der Waals surface area (Å²) in [6.07, 6.45) is 9.73. The van der Waals surface area contributed by atoms with Gasteiger partial charge in [-0.25, -0.2) is 0 Å². The number of amides is 2. The zero-order valence-corrected chi connectivity index (χ0v) is 18.8. The first-order chi connectivity index (χ1) is 14.5. The Hall–Kier alpha value is -1.56. The van der Waals surface area contributed by atoms with Crippen molar-refractivity contribution in [3.05, 3.63) is 39.9 Å². The van der Waals surface area contributed by atoms with Crippen LogP contribution in [0.5, 0.6) is 0 Å². The molecule has 0 radical (unpaired) electrons. The van der Waals surface area contributed by atoms with Gasteiger partial charge in [0.05, 0.1) is 10.0 Å². The van der Waals surface area contributed by atoms with Crippen molar-refractivity contribution >= 4 is 41.1 Å². The average molecular weight is 450 g/mol. The number of hydrogen-bond donors (Lipinski definition) is 0. The van der Waals surface area contributed by atoms with E-state index in [2.05, 4.69) is 4.90 Å². The SMILES string of the molecule is O=C(/C=C/c1ccc(Cl)c(Cl)c1)N1CCN(CCCN2CCCCC2)C(=O)C12CC2. The third-order valence-corrected chi connectivity index (χ3v) is 7.24. The number of likely N-dealkylation sites (tertiary alicyclic amines) is 1. The fourth-order valence-corrected chi connectivity index (χ4v) is 4.93. The van der Waals surface area contributed by atoms with Crippen LogP contribution in [0.4, 0.5) is 0 Å². The van der Waals surface area contributed by atoms with Crippen LogP contribution in [0.25, 0.3) is 6.08 Å². The van der Waals surface area contributed by atoms with Crippen molar-refractivity contribution in [1.29, 1.82) is 0 Å². The Bertz CT molecular complexity index is 832. The maximum absolute atomic E-state index is 13.1. The highest BCUT2D eigenvalue weighted by Crippen LogP contribution is 2.45. The van der Waals surface area contributed by atoms with Crippen LogP contribution in [0.15, 0.2) is 24.3 Å². The van der Waals surface area contributed by atoms with Crippen molar-refractivity contribution in [2.45, 2.75) is 44.1 Å². The molecule has 5 nitrogen and oxygen atoms in total. The van der Waals surface area contributed by atoms with E-state index in [-0.39, 0.29) is 11.8 Å². The Balaban J connectivity index is 1.32. The Morgan fingerprint density at radius 2 is 1.77 bits per heavy atom. The van der Waals surface area contributed by atoms with Gasteiger partial charge in [-0.3, -0.25) is 9.59 Å². The largest absolute Gasteiger partial charge is 0.339 e. The number of nitrogens with zero attached hydrogens (tertiary/aromatic N) is 3. The summed E-state index contributed by atoms with van der Waals surface area (Å²) in [5, 5.41) is 0.942. The molecule has 3 aliphatic rings. The molecule has 4 rings (SSSR count). The molecule has 162 valence electrons. The molecule has 2 saturated heterocycles. The topological polar surface area (TPSA) is 43.9 Å². The fraction of sp³-hybridized carbons (Fsp3) is 0.565. The van der Waals surface area contributed by atoms with Gasteiger partial charge in [0.15, 0.2) is 0 Å². The first kappa shape index (κ1) is 21.7. The maximum Gasteiger partial charge on any atom is 0.248 e. The summed E-state index contributed by atoms with van der Waals surface area (Å²) in [4.78, 5) is 32.2. The lowest BCUT2D eigenvalue weighted by Gasteiger charge is -2.41. The molecule has 0 N–H and O–H groups in total. The summed E-state index contributed by atoms with van der Waals surface area (Å²) in [7, 11) is 0. The van der Waals surface area contributed by atoms with E-state index in [1.165, 1.54) is 32.4 Å². The molecule has 3 fully saturated rings. The van der Waals surface area contributed by atoms with Gasteiger partial charge < -0.3 is 14.7 Å². The lowest BCUT2D eigenvalue weighted by Crippen LogP contribution is -2.60. The molecule has 1 aromatic carbocycles. The van der Waals surface area contributed by atoms with Crippen LogP contribution in [0.2, 0.25) is 10.0 Å². The van der Waals surface area contributed by atoms with Crippen LogP contribution in [-0.2, 0) is 9.59 Å². The minimum absolute atomic E-state index is 0.111. The van der Waals surface area contributed by atoms with Crippen molar-refractivity contribution < 1.29 is 9.59 Å². The Morgan fingerprint density at radius 3 is 2.47 bits per heavy atom. The number of halogens is 2. The van der Waals surface area contributed by atoms with E-state index < -0.39 is 5.54 Å². The maximum atomic E-state index is 13.1.